The number of halogens is 4. The predicted molar refractivity (Wildman–Crippen MR) is 245 cm³/mol. The molecule has 0 N–H and O–H groups in total. The van der Waals surface area contributed by atoms with E-state index in [0.29, 0.717) is 42.8 Å². The second kappa shape index (κ2) is 14.0. The number of ketones is 4. The van der Waals surface area contributed by atoms with Crippen LogP contribution in [0.4, 0.5) is 17.6 Å². The first kappa shape index (κ1) is 39.8. The maximum Gasteiger partial charge on any atom is 0.197 e. The van der Waals surface area contributed by atoms with E-state index in [0.717, 1.165) is 120 Å². The summed E-state index contributed by atoms with van der Waals surface area (Å²) in [5.74, 6) is -4.61. The van der Waals surface area contributed by atoms with Crippen LogP contribution in [0.5, 0.6) is 11.5 Å². The molecule has 12 heteroatoms. The summed E-state index contributed by atoms with van der Waals surface area (Å²) in [6, 6.07) is 18.1. The molecule has 0 bridgehead atoms. The highest BCUT2D eigenvalue weighted by Crippen LogP contribution is 2.60. The number of ether oxygens (including phenoxy) is 2. The van der Waals surface area contributed by atoms with Crippen LogP contribution in [0, 0.1) is 23.3 Å². The first-order chi connectivity index (χ1) is 31.9. The van der Waals surface area contributed by atoms with E-state index in [9.17, 15) is 36.7 Å². The number of benzene rings is 5. The van der Waals surface area contributed by atoms with E-state index >= 15 is 0 Å². The molecule has 2 aliphatic heterocycles. The number of Topliss-reactive ketones (excluding diaryl/α,β-unsaturated/α-hetero) is 4. The quantitative estimate of drug-likeness (QED) is 0.0975. The zero-order valence-corrected chi connectivity index (χ0v) is 36.6. The minimum Gasteiger partial charge on any atom is -0.482 e. The molecule has 0 unspecified atom stereocenters. The van der Waals surface area contributed by atoms with Crippen molar-refractivity contribution < 1.29 is 46.2 Å². The highest BCUT2D eigenvalue weighted by atomic mass is 32.1. The lowest BCUT2D eigenvalue weighted by Gasteiger charge is -2.44. The van der Waals surface area contributed by atoms with Crippen LogP contribution < -0.4 is 9.47 Å². The molecule has 6 aliphatic rings. The van der Waals surface area contributed by atoms with Crippen molar-refractivity contribution in [3.63, 3.8) is 0 Å². The first-order valence-electron chi connectivity index (χ1n) is 22.2. The highest BCUT2D eigenvalue weighted by Gasteiger charge is 2.47. The van der Waals surface area contributed by atoms with Gasteiger partial charge in [0.15, 0.2) is 46.4 Å². The molecule has 2 spiro atoms. The van der Waals surface area contributed by atoms with E-state index in [2.05, 4.69) is 0 Å². The number of rotatable bonds is 2. The molecule has 0 radical (unpaired) electrons. The van der Waals surface area contributed by atoms with Crippen molar-refractivity contribution in [2.45, 2.75) is 75.4 Å². The standard InChI is InChI=1S/C54H34F4O6S2/c55-41-15-25-11-31-32(12-26(25)16-42(41)56)48(60)37(47(31)59)19-29-21-39-51(65-29)35-24-46-36(23-45(35)63-53(39)7-3-1-4-8-53)52-40(54(64-46)9-5-2-6-10-54)22-30(66-52)20-38-49(61)33-13-27-17-43(57)44(58)18-28(27)14-34(33)50(38)62/h11-24H,1-10H2. The molecule has 7 aromatic rings. The van der Waals surface area contributed by atoms with Crippen LogP contribution in [0.25, 0.3) is 54.6 Å². The Bertz CT molecular complexity index is 3170. The van der Waals surface area contributed by atoms with E-state index in [1.807, 2.05) is 24.3 Å². The Morgan fingerprint density at radius 2 is 0.727 bits per heavy atom. The lowest BCUT2D eigenvalue weighted by Crippen LogP contribution is -2.38. The van der Waals surface area contributed by atoms with Crippen LogP contribution in [0.2, 0.25) is 0 Å². The van der Waals surface area contributed by atoms with Crippen LogP contribution in [-0.2, 0) is 11.2 Å². The molecule has 6 nitrogen and oxygen atoms in total. The fraction of sp³-hybridized carbons (Fsp3) is 0.222. The molecule has 0 atom stereocenters. The molecular formula is C54H34F4O6S2. The predicted octanol–water partition coefficient (Wildman–Crippen LogP) is 14.0. The molecule has 0 amide bonds. The number of hydrogen-bond donors (Lipinski definition) is 0. The van der Waals surface area contributed by atoms with Crippen LogP contribution in [0.1, 0.15) is 127 Å². The molecule has 2 fully saturated rings. The van der Waals surface area contributed by atoms with Crippen LogP contribution in [0.3, 0.4) is 0 Å². The third kappa shape index (κ3) is 5.70. The van der Waals surface area contributed by atoms with Crippen molar-refractivity contribution in [3.05, 3.63) is 150 Å². The summed E-state index contributed by atoms with van der Waals surface area (Å²) in [5.41, 5.74) is 3.03. The average Bonchev–Trinajstić information content (AvgIpc) is 4.05. The molecular weight excluding hydrogens is 885 g/mol. The van der Waals surface area contributed by atoms with Gasteiger partial charge in [0.1, 0.15) is 22.7 Å². The molecule has 0 saturated heterocycles. The van der Waals surface area contributed by atoms with Gasteiger partial charge in [0, 0.05) is 64.0 Å². The average molecular weight is 919 g/mol. The zero-order chi connectivity index (χ0) is 45.0. The summed E-state index contributed by atoms with van der Waals surface area (Å²) in [5, 5.41) is 1.32. The maximum absolute atomic E-state index is 14.2. The number of thiophene rings is 2. The number of allylic oxidation sites excluding steroid dienone is 2. The Labute approximate surface area is 382 Å². The summed E-state index contributed by atoms with van der Waals surface area (Å²) in [6.07, 6.45) is 12.3. The minimum absolute atomic E-state index is 0.00761. The summed E-state index contributed by atoms with van der Waals surface area (Å²) >= 11 is 2.97. The molecule has 2 aromatic heterocycles. The SMILES string of the molecule is O=C1C(=Cc2cc3c(s2)-c2cc4c(cc2OC32CCCCC2)-c2sc(C=C3C(=O)c5cc6cc(F)c(F)cc6cc5C3=O)cc2C2(CCCCC2)O4)C(=O)c2cc3cc(F)c(F)cc3cc21. The Hall–Kier alpha value is -6.50. The van der Waals surface area contributed by atoms with Crippen molar-refractivity contribution in [2.24, 2.45) is 0 Å². The van der Waals surface area contributed by atoms with E-state index in [-0.39, 0.29) is 33.4 Å². The Morgan fingerprint density at radius 1 is 0.409 bits per heavy atom. The number of hydrogen-bond acceptors (Lipinski definition) is 8. The lowest BCUT2D eigenvalue weighted by molar-refractivity contribution is 0.0203. The summed E-state index contributed by atoms with van der Waals surface area (Å²) in [7, 11) is 0. The summed E-state index contributed by atoms with van der Waals surface area (Å²) in [6.45, 7) is 0. The summed E-state index contributed by atoms with van der Waals surface area (Å²) in [4.78, 5) is 58.7. The van der Waals surface area contributed by atoms with Gasteiger partial charge in [-0.05, 0) is 158 Å². The first-order valence-corrected chi connectivity index (χ1v) is 23.8. The van der Waals surface area contributed by atoms with E-state index in [4.69, 9.17) is 9.47 Å². The third-order valence-corrected chi connectivity index (χ3v) is 16.8. The van der Waals surface area contributed by atoms with Gasteiger partial charge in [0.2, 0.25) is 0 Å². The third-order valence-electron chi connectivity index (χ3n) is 14.5. The number of carbonyl (C=O) groups excluding carboxylic acids is 4. The monoisotopic (exact) mass is 918 g/mol. The summed E-state index contributed by atoms with van der Waals surface area (Å²) < 4.78 is 70.9. The van der Waals surface area contributed by atoms with Crippen molar-refractivity contribution in [1.29, 1.82) is 0 Å². The molecule has 4 heterocycles. The normalized spacial score (nSPS) is 18.5. The second-order valence-corrected chi connectivity index (χ2v) is 20.6. The van der Waals surface area contributed by atoms with Crippen LogP contribution in [-0.4, -0.2) is 23.1 Å². The van der Waals surface area contributed by atoms with Gasteiger partial charge in [0.25, 0.3) is 0 Å². The van der Waals surface area contributed by atoms with Gasteiger partial charge >= 0.3 is 0 Å². The van der Waals surface area contributed by atoms with E-state index in [1.165, 1.54) is 46.9 Å². The van der Waals surface area contributed by atoms with Crippen molar-refractivity contribution >= 4 is 79.5 Å². The van der Waals surface area contributed by atoms with Crippen molar-refractivity contribution in [2.75, 3.05) is 0 Å². The Balaban J connectivity index is 0.911. The number of fused-ring (bicyclic) bond motifs is 12. The minimum atomic E-state index is -1.03. The molecule has 13 rings (SSSR count). The van der Waals surface area contributed by atoms with Gasteiger partial charge in [0.05, 0.1) is 11.1 Å². The molecule has 326 valence electrons. The van der Waals surface area contributed by atoms with Crippen molar-refractivity contribution in [3.8, 4) is 32.4 Å². The second-order valence-electron chi connectivity index (χ2n) is 18.4. The highest BCUT2D eigenvalue weighted by molar-refractivity contribution is 7.17. The van der Waals surface area contributed by atoms with E-state index < -0.39 is 57.6 Å². The van der Waals surface area contributed by atoms with Gasteiger partial charge in [-0.3, -0.25) is 19.2 Å². The van der Waals surface area contributed by atoms with Crippen LogP contribution >= 0.6 is 22.7 Å². The molecule has 5 aromatic carbocycles. The Kier molecular flexibility index (Phi) is 8.45. The largest absolute Gasteiger partial charge is 0.482 e. The van der Waals surface area contributed by atoms with Crippen molar-refractivity contribution in [1.82, 2.24) is 0 Å². The molecule has 4 aliphatic carbocycles. The fourth-order valence-corrected chi connectivity index (χ4v) is 13.7. The zero-order valence-electron chi connectivity index (χ0n) is 34.9. The lowest BCUT2D eigenvalue weighted by atomic mass is 9.76. The topological polar surface area (TPSA) is 86.7 Å². The van der Waals surface area contributed by atoms with Gasteiger partial charge < -0.3 is 9.47 Å². The van der Waals surface area contributed by atoms with Gasteiger partial charge in [-0.2, -0.15) is 0 Å². The Morgan fingerprint density at radius 3 is 1.05 bits per heavy atom. The van der Waals surface area contributed by atoms with Gasteiger partial charge in [-0.1, -0.05) is 12.8 Å². The molecule has 66 heavy (non-hydrogen) atoms. The van der Waals surface area contributed by atoms with Gasteiger partial charge in [-0.25, -0.2) is 17.6 Å². The number of carbonyl (C=O) groups is 4. The van der Waals surface area contributed by atoms with Crippen LogP contribution in [0.15, 0.2) is 83.9 Å². The smallest absolute Gasteiger partial charge is 0.197 e. The van der Waals surface area contributed by atoms with Gasteiger partial charge in [-0.15, -0.1) is 22.7 Å². The maximum atomic E-state index is 14.2. The fourth-order valence-electron chi connectivity index (χ4n) is 11.3. The molecule has 2 saturated carbocycles. The van der Waals surface area contributed by atoms with E-state index in [1.54, 1.807) is 12.2 Å².